The summed E-state index contributed by atoms with van der Waals surface area (Å²) in [6.45, 7) is -0.618. The number of nitrogens with two attached hydrogens (primary N) is 1. The number of primary sulfonamides is 1. The van der Waals surface area contributed by atoms with Gasteiger partial charge in [0.15, 0.2) is 5.69 Å². The minimum Gasteiger partial charge on any atom is -0.497 e. The Morgan fingerprint density at radius 3 is 2.13 bits per heavy atom. The summed E-state index contributed by atoms with van der Waals surface area (Å²) in [5, 5.41) is 18.1. The van der Waals surface area contributed by atoms with E-state index in [-0.39, 0.29) is 27.3 Å². The average Bonchev–Trinajstić information content (AvgIpc) is 3.07. The second-order valence-electron chi connectivity index (χ2n) is 6.18. The van der Waals surface area contributed by atoms with Gasteiger partial charge in [-0.1, -0.05) is 24.3 Å². The molecule has 3 rings (SSSR count). The summed E-state index contributed by atoms with van der Waals surface area (Å²) in [6, 6.07) is 12.6. The third kappa shape index (κ3) is 4.14. The monoisotopic (exact) mass is 436 g/mol. The number of methoxy groups -OCH3 is 1. The zero-order valence-electron chi connectivity index (χ0n) is 15.5. The highest BCUT2D eigenvalue weighted by atomic mass is 32.2. The molecule has 0 aliphatic heterocycles. The maximum absolute atomic E-state index is 13.9. The van der Waals surface area contributed by atoms with Crippen LogP contribution in [0.15, 0.2) is 53.4 Å². The van der Waals surface area contributed by atoms with Crippen molar-refractivity contribution in [1.82, 2.24) is 9.78 Å². The molecule has 0 fully saturated rings. The summed E-state index contributed by atoms with van der Waals surface area (Å²) in [5.74, 6) is 0.454. The summed E-state index contributed by atoms with van der Waals surface area (Å²) in [4.78, 5) is -0.190. The molecule has 30 heavy (non-hydrogen) atoms. The number of ether oxygens (including phenoxy) is 1. The Morgan fingerprint density at radius 1 is 1.10 bits per heavy atom. The van der Waals surface area contributed by atoms with Crippen molar-refractivity contribution in [3.63, 3.8) is 0 Å². The van der Waals surface area contributed by atoms with Gasteiger partial charge in [0, 0.05) is 11.1 Å². The molecule has 2 aromatic carbocycles. The molecule has 0 aliphatic rings. The highest BCUT2D eigenvalue weighted by molar-refractivity contribution is 7.89. The summed E-state index contributed by atoms with van der Waals surface area (Å²) in [7, 11) is -2.54. The first kappa shape index (κ1) is 21.4. The first-order valence-electron chi connectivity index (χ1n) is 8.39. The van der Waals surface area contributed by atoms with Crippen LogP contribution in [-0.4, -0.2) is 25.3 Å². The van der Waals surface area contributed by atoms with Gasteiger partial charge < -0.3 is 4.74 Å². The van der Waals surface area contributed by atoms with E-state index in [9.17, 15) is 21.6 Å². The van der Waals surface area contributed by atoms with Gasteiger partial charge in [-0.05, 0) is 29.8 Å². The molecule has 0 aliphatic carbocycles. The standard InChI is InChI=1S/C19H15F3N4O3S/c1-29-14-6-2-12(3-7-14)16-17(13-4-8-15(9-5-13)30(24,27)28)25-26(11-10-23)18(16)19(20,21)22/h2-9H,11H2,1H3,(H2,24,27,28). The third-order valence-corrected chi connectivity index (χ3v) is 5.21. The zero-order valence-corrected chi connectivity index (χ0v) is 16.3. The van der Waals surface area contributed by atoms with Crippen LogP contribution in [0.3, 0.4) is 0 Å². The molecule has 0 atom stereocenters. The Kier molecular flexibility index (Phi) is 5.56. The lowest BCUT2D eigenvalue weighted by Gasteiger charge is -2.12. The van der Waals surface area contributed by atoms with Crippen molar-refractivity contribution in [2.75, 3.05) is 7.11 Å². The average molecular weight is 436 g/mol. The number of sulfonamides is 1. The van der Waals surface area contributed by atoms with Gasteiger partial charge in [0.2, 0.25) is 10.0 Å². The van der Waals surface area contributed by atoms with Crippen LogP contribution in [0.2, 0.25) is 0 Å². The molecule has 156 valence electrons. The van der Waals surface area contributed by atoms with Gasteiger partial charge in [-0.3, -0.25) is 0 Å². The summed E-state index contributed by atoms with van der Waals surface area (Å²) >= 11 is 0. The van der Waals surface area contributed by atoms with Gasteiger partial charge in [-0.15, -0.1) is 0 Å². The van der Waals surface area contributed by atoms with E-state index >= 15 is 0 Å². The number of nitriles is 1. The van der Waals surface area contributed by atoms with Crippen LogP contribution in [0.25, 0.3) is 22.4 Å². The van der Waals surface area contributed by atoms with Crippen LogP contribution in [0.5, 0.6) is 5.75 Å². The van der Waals surface area contributed by atoms with E-state index in [4.69, 9.17) is 15.1 Å². The van der Waals surface area contributed by atoms with Crippen LogP contribution < -0.4 is 9.88 Å². The summed E-state index contributed by atoms with van der Waals surface area (Å²) in [5.41, 5.74) is -0.930. The number of halogens is 3. The Bertz CT molecular complexity index is 1210. The predicted octanol–water partition coefficient (Wildman–Crippen LogP) is 3.42. The number of aromatic nitrogens is 2. The second kappa shape index (κ2) is 7.81. The van der Waals surface area contributed by atoms with Crippen LogP contribution >= 0.6 is 0 Å². The lowest BCUT2D eigenvalue weighted by Crippen LogP contribution is -2.15. The van der Waals surface area contributed by atoms with Gasteiger partial charge in [-0.2, -0.15) is 23.5 Å². The number of hydrogen-bond acceptors (Lipinski definition) is 5. The number of alkyl halides is 3. The fourth-order valence-electron chi connectivity index (χ4n) is 2.97. The predicted molar refractivity (Wildman–Crippen MR) is 102 cm³/mol. The number of nitrogens with zero attached hydrogens (tertiary/aromatic N) is 3. The van der Waals surface area contributed by atoms with Crippen molar-refractivity contribution in [3.05, 3.63) is 54.2 Å². The molecule has 0 amide bonds. The van der Waals surface area contributed by atoms with Crippen LogP contribution in [0, 0.1) is 11.3 Å². The van der Waals surface area contributed by atoms with Crippen LogP contribution in [-0.2, 0) is 22.7 Å². The Hall–Kier alpha value is -3.36. The lowest BCUT2D eigenvalue weighted by molar-refractivity contribution is -0.143. The van der Waals surface area contributed by atoms with Crippen molar-refractivity contribution in [2.24, 2.45) is 5.14 Å². The molecule has 0 spiro atoms. The van der Waals surface area contributed by atoms with Gasteiger partial charge >= 0.3 is 6.18 Å². The molecule has 0 saturated carbocycles. The highest BCUT2D eigenvalue weighted by Gasteiger charge is 2.40. The van der Waals surface area contributed by atoms with E-state index in [0.717, 1.165) is 0 Å². The Morgan fingerprint density at radius 2 is 1.67 bits per heavy atom. The maximum atomic E-state index is 13.9. The van der Waals surface area contributed by atoms with Crippen molar-refractivity contribution < 1.29 is 26.3 Å². The molecular weight excluding hydrogens is 421 g/mol. The van der Waals surface area contributed by atoms with Gasteiger partial charge in [-0.25, -0.2) is 18.2 Å². The number of benzene rings is 2. The normalized spacial score (nSPS) is 11.9. The second-order valence-corrected chi connectivity index (χ2v) is 7.75. The Labute approximate surface area is 170 Å². The smallest absolute Gasteiger partial charge is 0.433 e. The van der Waals surface area contributed by atoms with Crippen molar-refractivity contribution in [1.29, 1.82) is 5.26 Å². The summed E-state index contributed by atoms with van der Waals surface area (Å²) in [6.07, 6.45) is -4.79. The lowest BCUT2D eigenvalue weighted by atomic mass is 9.98. The topological polar surface area (TPSA) is 111 Å². The minimum atomic E-state index is -4.79. The molecule has 0 unspecified atom stereocenters. The van der Waals surface area contributed by atoms with Gasteiger partial charge in [0.05, 0.1) is 18.1 Å². The number of hydrogen-bond donors (Lipinski definition) is 1. The minimum absolute atomic E-state index is 0.0521. The third-order valence-electron chi connectivity index (χ3n) is 4.28. The molecule has 0 bridgehead atoms. The SMILES string of the molecule is COc1ccc(-c2c(-c3ccc(S(N)(=O)=O)cc3)nn(CC#N)c2C(F)(F)F)cc1. The van der Waals surface area contributed by atoms with Crippen molar-refractivity contribution in [2.45, 2.75) is 17.6 Å². The molecule has 0 radical (unpaired) electrons. The van der Waals surface area contributed by atoms with E-state index in [1.807, 2.05) is 0 Å². The molecule has 2 N–H and O–H groups in total. The number of rotatable bonds is 5. The maximum Gasteiger partial charge on any atom is 0.433 e. The highest BCUT2D eigenvalue weighted by Crippen LogP contribution is 2.43. The fourth-order valence-corrected chi connectivity index (χ4v) is 3.48. The largest absolute Gasteiger partial charge is 0.497 e. The van der Waals surface area contributed by atoms with Gasteiger partial charge in [0.1, 0.15) is 18.0 Å². The van der Waals surface area contributed by atoms with Crippen LogP contribution in [0.1, 0.15) is 5.69 Å². The first-order valence-corrected chi connectivity index (χ1v) is 9.93. The van der Waals surface area contributed by atoms with E-state index < -0.39 is 28.4 Å². The molecule has 1 aromatic heterocycles. The quantitative estimate of drug-likeness (QED) is 0.659. The first-order chi connectivity index (χ1) is 14.1. The van der Waals surface area contributed by atoms with Crippen molar-refractivity contribution >= 4 is 10.0 Å². The molecule has 7 nitrogen and oxygen atoms in total. The van der Waals surface area contributed by atoms with Crippen molar-refractivity contribution in [3.8, 4) is 34.2 Å². The molecule has 11 heteroatoms. The molecule has 0 saturated heterocycles. The fraction of sp³-hybridized carbons (Fsp3) is 0.158. The van der Waals surface area contributed by atoms with E-state index in [1.165, 1.54) is 55.6 Å². The van der Waals surface area contributed by atoms with E-state index in [0.29, 0.717) is 10.4 Å². The van der Waals surface area contributed by atoms with E-state index in [2.05, 4.69) is 5.10 Å². The molecular formula is C19H15F3N4O3S. The molecule has 3 aromatic rings. The van der Waals surface area contributed by atoms with Gasteiger partial charge in [0.25, 0.3) is 0 Å². The van der Waals surface area contributed by atoms with E-state index in [1.54, 1.807) is 6.07 Å². The molecule has 1 heterocycles. The van der Waals surface area contributed by atoms with Crippen LogP contribution in [0.4, 0.5) is 13.2 Å². The summed E-state index contributed by atoms with van der Waals surface area (Å²) < 4.78 is 70.3. The zero-order chi connectivity index (χ0) is 22.1. The Balaban J connectivity index is 2.30.